The Bertz CT molecular complexity index is 596. The first-order chi connectivity index (χ1) is 9.25. The van der Waals surface area contributed by atoms with Crippen molar-refractivity contribution in [1.82, 2.24) is 0 Å². The SMILES string of the molecule is O=C([O-])c1oc2ccccc2c1C[NH+]1CCCCC1. The number of rotatable bonds is 3. The maximum absolute atomic E-state index is 11.2. The zero-order valence-corrected chi connectivity index (χ0v) is 10.8. The number of hydrogen-bond donors (Lipinski definition) is 1. The van der Waals surface area contributed by atoms with E-state index in [2.05, 4.69) is 0 Å². The highest BCUT2D eigenvalue weighted by molar-refractivity contribution is 5.93. The molecule has 3 rings (SSSR count). The normalized spacial score (nSPS) is 16.8. The van der Waals surface area contributed by atoms with Crippen molar-refractivity contribution >= 4 is 16.9 Å². The number of carbonyl (C=O) groups excluding carboxylic acids is 1. The molecule has 0 unspecified atom stereocenters. The minimum Gasteiger partial charge on any atom is -0.542 e. The van der Waals surface area contributed by atoms with Crippen LogP contribution in [0, 0.1) is 0 Å². The van der Waals surface area contributed by atoms with E-state index < -0.39 is 5.97 Å². The Labute approximate surface area is 111 Å². The van der Waals surface area contributed by atoms with Gasteiger partial charge >= 0.3 is 0 Å². The van der Waals surface area contributed by atoms with Crippen LogP contribution in [0.3, 0.4) is 0 Å². The fourth-order valence-electron chi connectivity index (χ4n) is 2.92. The van der Waals surface area contributed by atoms with E-state index in [4.69, 9.17) is 4.42 Å². The van der Waals surface area contributed by atoms with Gasteiger partial charge in [0, 0.05) is 5.39 Å². The van der Waals surface area contributed by atoms with Gasteiger partial charge in [-0.15, -0.1) is 0 Å². The first-order valence-corrected chi connectivity index (χ1v) is 6.81. The van der Waals surface area contributed by atoms with Crippen molar-refractivity contribution in [2.75, 3.05) is 13.1 Å². The summed E-state index contributed by atoms with van der Waals surface area (Å²) in [5.41, 5.74) is 1.42. The second kappa shape index (κ2) is 5.05. The van der Waals surface area contributed by atoms with Gasteiger partial charge in [0.2, 0.25) is 0 Å². The summed E-state index contributed by atoms with van der Waals surface area (Å²) < 4.78 is 5.43. The Hall–Kier alpha value is -1.81. The second-order valence-electron chi connectivity index (χ2n) is 5.18. The zero-order chi connectivity index (χ0) is 13.2. The van der Waals surface area contributed by atoms with Crippen LogP contribution < -0.4 is 10.0 Å². The summed E-state index contributed by atoms with van der Waals surface area (Å²) in [4.78, 5) is 12.6. The van der Waals surface area contributed by atoms with Gasteiger partial charge in [-0.05, 0) is 25.3 Å². The number of para-hydroxylation sites is 1. The van der Waals surface area contributed by atoms with Gasteiger partial charge in [0.15, 0.2) is 5.76 Å². The molecular formula is C15H17NO3. The lowest BCUT2D eigenvalue weighted by molar-refractivity contribution is -0.918. The number of likely N-dealkylation sites (tertiary alicyclic amines) is 1. The number of carbonyl (C=O) groups is 1. The second-order valence-corrected chi connectivity index (χ2v) is 5.18. The quantitative estimate of drug-likeness (QED) is 0.866. The van der Waals surface area contributed by atoms with Crippen molar-refractivity contribution in [3.63, 3.8) is 0 Å². The third-order valence-corrected chi connectivity index (χ3v) is 3.87. The molecule has 0 atom stereocenters. The van der Waals surface area contributed by atoms with Crippen LogP contribution in [0.2, 0.25) is 0 Å². The summed E-state index contributed by atoms with van der Waals surface area (Å²) in [7, 11) is 0. The van der Waals surface area contributed by atoms with Gasteiger partial charge in [-0.1, -0.05) is 18.2 Å². The molecule has 2 aromatic rings. The summed E-state index contributed by atoms with van der Waals surface area (Å²) >= 11 is 0. The van der Waals surface area contributed by atoms with Crippen molar-refractivity contribution in [3.05, 3.63) is 35.6 Å². The average molecular weight is 259 g/mol. The van der Waals surface area contributed by atoms with Crippen LogP contribution in [-0.4, -0.2) is 19.1 Å². The Morgan fingerprint density at radius 3 is 2.68 bits per heavy atom. The van der Waals surface area contributed by atoms with E-state index in [1.54, 1.807) is 6.07 Å². The molecule has 1 fully saturated rings. The molecule has 0 radical (unpaired) electrons. The number of piperidine rings is 1. The van der Waals surface area contributed by atoms with Crippen LogP contribution in [0.15, 0.2) is 28.7 Å². The lowest BCUT2D eigenvalue weighted by Gasteiger charge is -2.23. The van der Waals surface area contributed by atoms with E-state index in [0.29, 0.717) is 12.1 Å². The van der Waals surface area contributed by atoms with Gasteiger partial charge in [0.25, 0.3) is 0 Å². The molecule has 0 spiro atoms. The van der Waals surface area contributed by atoms with Crippen LogP contribution in [0.25, 0.3) is 11.0 Å². The van der Waals surface area contributed by atoms with Crippen LogP contribution >= 0.6 is 0 Å². The van der Waals surface area contributed by atoms with E-state index in [0.717, 1.165) is 24.0 Å². The minimum absolute atomic E-state index is 0.000673. The number of benzene rings is 1. The van der Waals surface area contributed by atoms with Gasteiger partial charge < -0.3 is 19.2 Å². The predicted molar refractivity (Wildman–Crippen MR) is 68.8 cm³/mol. The summed E-state index contributed by atoms with van der Waals surface area (Å²) in [6.07, 6.45) is 3.71. The van der Waals surface area contributed by atoms with Gasteiger partial charge in [0.05, 0.1) is 18.7 Å². The highest BCUT2D eigenvalue weighted by Gasteiger charge is 2.21. The van der Waals surface area contributed by atoms with E-state index in [1.807, 2.05) is 18.2 Å². The predicted octanol–water partition coefficient (Wildman–Crippen LogP) is 0.365. The van der Waals surface area contributed by atoms with Gasteiger partial charge in [-0.25, -0.2) is 0 Å². The number of hydrogen-bond acceptors (Lipinski definition) is 3. The maximum Gasteiger partial charge on any atom is 0.159 e. The first-order valence-electron chi connectivity index (χ1n) is 6.81. The molecule has 1 aliphatic rings. The molecule has 19 heavy (non-hydrogen) atoms. The van der Waals surface area contributed by atoms with Crippen molar-refractivity contribution in [2.45, 2.75) is 25.8 Å². The third-order valence-electron chi connectivity index (χ3n) is 3.87. The lowest BCUT2D eigenvalue weighted by Crippen LogP contribution is -3.11. The molecule has 0 saturated carbocycles. The van der Waals surface area contributed by atoms with Crippen LogP contribution in [0.1, 0.15) is 35.4 Å². The van der Waals surface area contributed by atoms with Gasteiger partial charge in [-0.3, -0.25) is 0 Å². The van der Waals surface area contributed by atoms with Gasteiger partial charge in [0.1, 0.15) is 18.1 Å². The van der Waals surface area contributed by atoms with Crippen LogP contribution in [-0.2, 0) is 6.54 Å². The van der Waals surface area contributed by atoms with Crippen LogP contribution in [0.4, 0.5) is 0 Å². The average Bonchev–Trinajstić information content (AvgIpc) is 2.79. The minimum atomic E-state index is -1.22. The summed E-state index contributed by atoms with van der Waals surface area (Å²) in [6.45, 7) is 2.91. The molecule has 1 N–H and O–H groups in total. The van der Waals surface area contributed by atoms with Crippen molar-refractivity contribution < 1.29 is 19.2 Å². The lowest BCUT2D eigenvalue weighted by atomic mass is 10.1. The molecule has 1 saturated heterocycles. The van der Waals surface area contributed by atoms with Crippen molar-refractivity contribution in [1.29, 1.82) is 0 Å². The highest BCUT2D eigenvalue weighted by Crippen LogP contribution is 2.24. The summed E-state index contributed by atoms with van der Waals surface area (Å²) in [6, 6.07) is 7.48. The highest BCUT2D eigenvalue weighted by atomic mass is 16.4. The molecular weight excluding hydrogens is 242 g/mol. The van der Waals surface area contributed by atoms with Crippen molar-refractivity contribution in [2.24, 2.45) is 0 Å². The molecule has 4 heteroatoms. The molecule has 0 bridgehead atoms. The Morgan fingerprint density at radius 1 is 1.21 bits per heavy atom. The van der Waals surface area contributed by atoms with E-state index in [9.17, 15) is 9.90 Å². The number of carboxylic acid groups (broad SMARTS) is 1. The number of carboxylic acids is 1. The Kier molecular flexibility index (Phi) is 3.25. The number of fused-ring (bicyclic) bond motifs is 1. The standard InChI is InChI=1S/C15H17NO3/c17-15(18)14-12(10-16-8-4-1-5-9-16)11-6-2-3-7-13(11)19-14/h2-3,6-7H,1,4-5,8-10H2,(H,17,18). The topological polar surface area (TPSA) is 57.7 Å². The maximum atomic E-state index is 11.2. The fraction of sp³-hybridized carbons (Fsp3) is 0.400. The number of nitrogens with one attached hydrogen (secondary N) is 1. The van der Waals surface area contributed by atoms with E-state index in [1.165, 1.54) is 24.2 Å². The molecule has 100 valence electrons. The Balaban J connectivity index is 1.99. The fourth-order valence-corrected chi connectivity index (χ4v) is 2.92. The summed E-state index contributed by atoms with van der Waals surface area (Å²) in [5, 5.41) is 12.1. The largest absolute Gasteiger partial charge is 0.542 e. The van der Waals surface area contributed by atoms with Gasteiger partial charge in [-0.2, -0.15) is 0 Å². The van der Waals surface area contributed by atoms with E-state index >= 15 is 0 Å². The molecule has 1 aliphatic heterocycles. The molecule has 0 aliphatic carbocycles. The summed E-state index contributed by atoms with van der Waals surface area (Å²) in [5.74, 6) is -1.22. The number of quaternary nitrogens is 1. The number of furan rings is 1. The van der Waals surface area contributed by atoms with Crippen molar-refractivity contribution in [3.8, 4) is 0 Å². The Morgan fingerprint density at radius 2 is 1.95 bits per heavy atom. The number of aromatic carboxylic acids is 1. The smallest absolute Gasteiger partial charge is 0.159 e. The molecule has 1 aromatic carbocycles. The molecule has 1 aromatic heterocycles. The van der Waals surface area contributed by atoms with Crippen LogP contribution in [0.5, 0.6) is 0 Å². The molecule has 4 nitrogen and oxygen atoms in total. The van der Waals surface area contributed by atoms with E-state index in [-0.39, 0.29) is 5.76 Å². The first kappa shape index (κ1) is 12.2. The zero-order valence-electron chi connectivity index (χ0n) is 10.8. The molecule has 2 heterocycles. The third kappa shape index (κ3) is 2.36. The molecule has 0 amide bonds. The monoisotopic (exact) mass is 259 g/mol.